The smallest absolute Gasteiger partial charge is 0.221 e. The summed E-state index contributed by atoms with van der Waals surface area (Å²) < 4.78 is 5.29. The second-order valence-electron chi connectivity index (χ2n) is 7.30. The van der Waals surface area contributed by atoms with Gasteiger partial charge in [-0.2, -0.15) is 0 Å². The number of aliphatic hydroxyl groups is 1. The molecule has 0 spiro atoms. The van der Waals surface area contributed by atoms with Crippen LogP contribution in [0.4, 0.5) is 5.69 Å². The molecule has 1 rings (SSSR count). The van der Waals surface area contributed by atoms with Gasteiger partial charge in [-0.15, -0.1) is 24.0 Å². The van der Waals surface area contributed by atoms with Crippen LogP contribution < -0.4 is 20.7 Å². The minimum absolute atomic E-state index is 0. The highest BCUT2D eigenvalue weighted by Crippen LogP contribution is 2.25. The highest BCUT2D eigenvalue weighted by Gasteiger charge is 2.12. The molecule has 166 valence electrons. The summed E-state index contributed by atoms with van der Waals surface area (Å²) in [7, 11) is 1.58. The summed E-state index contributed by atoms with van der Waals surface area (Å²) in [6, 6.07) is 5.64. The molecule has 0 bridgehead atoms. The molecule has 0 aliphatic rings. The van der Waals surface area contributed by atoms with E-state index in [0.29, 0.717) is 29.8 Å². The third-order valence-corrected chi connectivity index (χ3v) is 4.24. The number of benzene rings is 1. The largest absolute Gasteiger partial charge is 0.495 e. The van der Waals surface area contributed by atoms with Crippen molar-refractivity contribution in [1.82, 2.24) is 10.6 Å². The van der Waals surface area contributed by atoms with Gasteiger partial charge in [0.2, 0.25) is 5.91 Å². The number of halogens is 1. The molecule has 1 amide bonds. The summed E-state index contributed by atoms with van der Waals surface area (Å²) in [5.74, 6) is 2.21. The molecule has 0 fully saturated rings. The number of anilines is 1. The number of guanidine groups is 1. The summed E-state index contributed by atoms with van der Waals surface area (Å²) in [6.07, 6.45) is 1.84. The summed E-state index contributed by atoms with van der Waals surface area (Å²) >= 11 is 0. The number of carbonyl (C=O) groups excluding carboxylic acids is 1. The van der Waals surface area contributed by atoms with E-state index < -0.39 is 0 Å². The summed E-state index contributed by atoms with van der Waals surface area (Å²) in [5, 5.41) is 18.7. The normalized spacial score (nSPS) is 12.2. The van der Waals surface area contributed by atoms with Crippen molar-refractivity contribution in [2.75, 3.05) is 32.1 Å². The maximum Gasteiger partial charge on any atom is 0.221 e. The number of carbonyl (C=O) groups is 1. The van der Waals surface area contributed by atoms with Crippen molar-refractivity contribution in [2.24, 2.45) is 16.8 Å². The predicted molar refractivity (Wildman–Crippen MR) is 130 cm³/mol. The van der Waals surface area contributed by atoms with Gasteiger partial charge in [0.05, 0.1) is 19.3 Å². The molecular formula is C21H37IN4O3. The van der Waals surface area contributed by atoms with Crippen LogP contribution in [0.25, 0.3) is 0 Å². The van der Waals surface area contributed by atoms with Crippen molar-refractivity contribution < 1.29 is 14.6 Å². The number of aliphatic hydroxyl groups excluding tert-OH is 1. The molecule has 0 aliphatic carbocycles. The fraction of sp³-hybridized carbons (Fsp3) is 0.619. The van der Waals surface area contributed by atoms with E-state index in [1.165, 1.54) is 6.92 Å². The van der Waals surface area contributed by atoms with Crippen LogP contribution in [-0.4, -0.2) is 43.8 Å². The highest BCUT2D eigenvalue weighted by molar-refractivity contribution is 14.0. The summed E-state index contributed by atoms with van der Waals surface area (Å²) in [6.45, 7) is 10.1. The lowest BCUT2D eigenvalue weighted by molar-refractivity contribution is -0.114. The Labute approximate surface area is 192 Å². The van der Waals surface area contributed by atoms with Crippen LogP contribution in [0.3, 0.4) is 0 Å². The van der Waals surface area contributed by atoms with Gasteiger partial charge in [0, 0.05) is 26.6 Å². The first-order valence-electron chi connectivity index (χ1n) is 9.97. The predicted octanol–water partition coefficient (Wildman–Crippen LogP) is 3.37. The standard InChI is InChI=1S/C21H36N4O3.HI/c1-6-22-21(24-14-18(9-10-26)11-15(2)3)23-13-17-7-8-20(28-5)19(12-17)25-16(4)27;/h7-8,12,15,18,26H,6,9-11,13-14H2,1-5H3,(H,25,27)(H2,22,23,24);1H. The molecule has 0 saturated carbocycles. The number of hydrogen-bond donors (Lipinski definition) is 4. The maximum absolute atomic E-state index is 11.4. The van der Waals surface area contributed by atoms with Gasteiger partial charge in [-0.25, -0.2) is 4.99 Å². The topological polar surface area (TPSA) is 95.0 Å². The number of hydrogen-bond acceptors (Lipinski definition) is 4. The van der Waals surface area contributed by atoms with Gasteiger partial charge in [-0.1, -0.05) is 19.9 Å². The van der Waals surface area contributed by atoms with Crippen LogP contribution in [0.1, 0.15) is 46.1 Å². The average Bonchev–Trinajstić information content (AvgIpc) is 2.63. The van der Waals surface area contributed by atoms with Crippen molar-refractivity contribution in [1.29, 1.82) is 0 Å². The monoisotopic (exact) mass is 520 g/mol. The van der Waals surface area contributed by atoms with Gasteiger partial charge < -0.3 is 25.8 Å². The van der Waals surface area contributed by atoms with E-state index in [2.05, 4.69) is 34.8 Å². The first-order chi connectivity index (χ1) is 13.4. The third kappa shape index (κ3) is 11.3. The van der Waals surface area contributed by atoms with Gasteiger partial charge in [-0.3, -0.25) is 4.79 Å². The van der Waals surface area contributed by atoms with E-state index in [0.717, 1.165) is 37.5 Å². The van der Waals surface area contributed by atoms with Crippen molar-refractivity contribution in [2.45, 2.75) is 47.1 Å². The van der Waals surface area contributed by atoms with Gasteiger partial charge in [0.25, 0.3) is 0 Å². The quantitative estimate of drug-likeness (QED) is 0.204. The van der Waals surface area contributed by atoms with Crippen molar-refractivity contribution in [3.8, 4) is 5.75 Å². The maximum atomic E-state index is 11.4. The lowest BCUT2D eigenvalue weighted by Crippen LogP contribution is -2.40. The summed E-state index contributed by atoms with van der Waals surface area (Å²) in [4.78, 5) is 16.0. The van der Waals surface area contributed by atoms with E-state index in [-0.39, 0.29) is 36.5 Å². The van der Waals surface area contributed by atoms with Crippen LogP contribution in [0.2, 0.25) is 0 Å². The molecule has 0 heterocycles. The molecule has 0 radical (unpaired) electrons. The zero-order valence-corrected chi connectivity index (χ0v) is 20.6. The fourth-order valence-corrected chi connectivity index (χ4v) is 3.05. The number of nitrogens with one attached hydrogen (secondary N) is 3. The third-order valence-electron chi connectivity index (χ3n) is 4.24. The zero-order chi connectivity index (χ0) is 20.9. The van der Waals surface area contributed by atoms with Crippen LogP contribution in [0.5, 0.6) is 5.75 Å². The van der Waals surface area contributed by atoms with E-state index in [4.69, 9.17) is 4.74 Å². The minimum atomic E-state index is -0.144. The Hall–Kier alpha value is -1.55. The first-order valence-corrected chi connectivity index (χ1v) is 9.97. The van der Waals surface area contributed by atoms with E-state index in [9.17, 15) is 9.90 Å². The average molecular weight is 520 g/mol. The Morgan fingerprint density at radius 1 is 1.28 bits per heavy atom. The molecule has 0 saturated heterocycles. The number of methoxy groups -OCH3 is 1. The zero-order valence-electron chi connectivity index (χ0n) is 18.2. The van der Waals surface area contributed by atoms with Gasteiger partial charge in [-0.05, 0) is 49.3 Å². The Balaban J connectivity index is 0.00000784. The second kappa shape index (κ2) is 15.3. The molecular weight excluding hydrogens is 483 g/mol. The first kappa shape index (κ1) is 27.5. The molecule has 0 aromatic heterocycles. The molecule has 1 aromatic rings. The molecule has 1 atom stereocenters. The molecule has 7 nitrogen and oxygen atoms in total. The molecule has 1 unspecified atom stereocenters. The van der Waals surface area contributed by atoms with Gasteiger partial charge in [0.1, 0.15) is 5.75 Å². The number of aliphatic imine (C=N–C) groups is 1. The SMILES string of the molecule is CCNC(=NCc1ccc(OC)c(NC(C)=O)c1)NCC(CCO)CC(C)C.I. The molecule has 4 N–H and O–H groups in total. The van der Waals surface area contributed by atoms with E-state index in [1.54, 1.807) is 7.11 Å². The second-order valence-corrected chi connectivity index (χ2v) is 7.30. The minimum Gasteiger partial charge on any atom is -0.495 e. The van der Waals surface area contributed by atoms with Gasteiger partial charge in [0.15, 0.2) is 5.96 Å². The summed E-state index contributed by atoms with van der Waals surface area (Å²) in [5.41, 5.74) is 1.61. The molecule has 8 heteroatoms. The Morgan fingerprint density at radius 2 is 2.00 bits per heavy atom. The van der Waals surface area contributed by atoms with Crippen LogP contribution in [0.15, 0.2) is 23.2 Å². The molecule has 29 heavy (non-hydrogen) atoms. The number of ether oxygens (including phenoxy) is 1. The van der Waals surface area contributed by atoms with Crippen molar-refractivity contribution in [3.05, 3.63) is 23.8 Å². The fourth-order valence-electron chi connectivity index (χ4n) is 3.05. The van der Waals surface area contributed by atoms with E-state index in [1.807, 2.05) is 25.1 Å². The highest BCUT2D eigenvalue weighted by atomic mass is 127. The number of amides is 1. The van der Waals surface area contributed by atoms with Crippen LogP contribution in [0, 0.1) is 11.8 Å². The Kier molecular flexibility index (Phi) is 14.5. The Morgan fingerprint density at radius 3 is 2.55 bits per heavy atom. The van der Waals surface area contributed by atoms with Crippen molar-refractivity contribution >= 4 is 41.5 Å². The Bertz CT molecular complexity index is 638. The lowest BCUT2D eigenvalue weighted by atomic mass is 9.94. The van der Waals surface area contributed by atoms with E-state index >= 15 is 0 Å². The van der Waals surface area contributed by atoms with Crippen LogP contribution >= 0.6 is 24.0 Å². The molecule has 1 aromatic carbocycles. The number of rotatable bonds is 11. The van der Waals surface area contributed by atoms with Crippen molar-refractivity contribution in [3.63, 3.8) is 0 Å². The van der Waals surface area contributed by atoms with Gasteiger partial charge >= 0.3 is 0 Å². The number of nitrogens with zero attached hydrogens (tertiary/aromatic N) is 1. The molecule has 0 aliphatic heterocycles. The lowest BCUT2D eigenvalue weighted by Gasteiger charge is -2.20. The van der Waals surface area contributed by atoms with Crippen LogP contribution in [-0.2, 0) is 11.3 Å².